The Morgan fingerprint density at radius 2 is 0.510 bits per heavy atom. The Kier molecular flexibility index (Phi) is 69.9. The normalized spacial score (nSPS) is 14.5. The number of unbranched alkanes of at least 4 members (excludes halogenated alkanes) is 45. The van der Waals surface area contributed by atoms with Crippen LogP contribution >= 0.6 is 15.6 Å². The van der Waals surface area contributed by atoms with Gasteiger partial charge in [0.15, 0.2) is 12.2 Å². The van der Waals surface area contributed by atoms with Gasteiger partial charge >= 0.3 is 39.5 Å². The van der Waals surface area contributed by atoms with E-state index >= 15 is 0 Å². The first-order valence-electron chi connectivity index (χ1n) is 41.9. The lowest BCUT2D eigenvalue weighted by atomic mass is 9.99. The number of aliphatic hydroxyl groups excluding tert-OH is 1. The van der Waals surface area contributed by atoms with Gasteiger partial charge < -0.3 is 33.8 Å². The number of phosphoric ester groups is 2. The van der Waals surface area contributed by atoms with Crippen molar-refractivity contribution >= 4 is 39.5 Å². The molecule has 3 N–H and O–H groups in total. The molecule has 594 valence electrons. The number of hydrogen-bond donors (Lipinski definition) is 3. The number of hydrogen-bond acceptors (Lipinski definition) is 15. The Labute approximate surface area is 613 Å². The maximum Gasteiger partial charge on any atom is 0.472 e. The number of rotatable bonds is 79. The first-order valence-corrected chi connectivity index (χ1v) is 44.9. The molecule has 0 aromatic carbocycles. The molecule has 0 spiro atoms. The summed E-state index contributed by atoms with van der Waals surface area (Å²) in [5, 5.41) is 10.6. The minimum Gasteiger partial charge on any atom is -0.462 e. The number of carbonyl (C=O) groups is 4. The van der Waals surface area contributed by atoms with Crippen LogP contribution in [-0.2, 0) is 65.4 Å². The minimum absolute atomic E-state index is 0.106. The van der Waals surface area contributed by atoms with Gasteiger partial charge in [-0.05, 0) is 43.4 Å². The second kappa shape index (κ2) is 71.3. The van der Waals surface area contributed by atoms with Gasteiger partial charge in [0.25, 0.3) is 0 Å². The molecule has 0 aromatic rings. The van der Waals surface area contributed by atoms with Crippen LogP contribution in [0.15, 0.2) is 0 Å². The standard InChI is InChI=1S/C81H158O17P2/c1-8-11-12-13-14-15-16-17-18-19-20-24-27-33-41-48-55-62-78(83)91-68-76(97-80(85)64-57-50-43-34-28-25-22-21-23-26-31-39-46-53-60-73(6)9-2)70-95-99(87,88)93-66-75(82)67-94-100(89,90)96-71-77(69-92-79(84)63-56-49-42-37-36-38-45-52-59-72(4)5)98-81(86)65-58-51-44-35-30-29-32-40-47-54-61-74(7)10-3/h72-77,82H,8-71H2,1-7H3,(H,87,88)(H,89,90)/t73?,74?,75-,76-,77-/m1/s1. The molecule has 17 nitrogen and oxygen atoms in total. The largest absolute Gasteiger partial charge is 0.472 e. The number of carbonyl (C=O) groups excluding carboxylic acids is 4. The second-order valence-electron chi connectivity index (χ2n) is 30.1. The summed E-state index contributed by atoms with van der Waals surface area (Å²) in [6.07, 6.45) is 59.5. The van der Waals surface area contributed by atoms with Crippen LogP contribution < -0.4 is 0 Å². The summed E-state index contributed by atoms with van der Waals surface area (Å²) in [6.45, 7) is 12.0. The fraction of sp³-hybridized carbons (Fsp3) is 0.951. The Bertz CT molecular complexity index is 1940. The van der Waals surface area contributed by atoms with E-state index in [4.69, 9.17) is 37.0 Å². The molecular weight excluding hydrogens is 1310 g/mol. The van der Waals surface area contributed by atoms with E-state index in [0.717, 1.165) is 108 Å². The molecule has 4 unspecified atom stereocenters. The van der Waals surface area contributed by atoms with Gasteiger partial charge in [0.2, 0.25) is 0 Å². The third-order valence-electron chi connectivity index (χ3n) is 19.6. The van der Waals surface area contributed by atoms with Crippen molar-refractivity contribution < 1.29 is 80.2 Å². The average molecular weight is 1470 g/mol. The topological polar surface area (TPSA) is 237 Å². The highest BCUT2D eigenvalue weighted by Gasteiger charge is 2.30. The van der Waals surface area contributed by atoms with Crippen molar-refractivity contribution in [2.45, 2.75) is 439 Å². The lowest BCUT2D eigenvalue weighted by Gasteiger charge is -2.21. The third-order valence-corrected chi connectivity index (χ3v) is 21.5. The van der Waals surface area contributed by atoms with E-state index in [1.54, 1.807) is 0 Å². The fourth-order valence-corrected chi connectivity index (χ4v) is 14.0. The molecular formula is C81H158O17P2. The summed E-state index contributed by atoms with van der Waals surface area (Å²) in [5.74, 6) is 0.264. The highest BCUT2D eigenvalue weighted by atomic mass is 31.2. The number of ether oxygens (including phenoxy) is 4. The Hall–Kier alpha value is -1.94. The monoisotopic (exact) mass is 1470 g/mol. The third kappa shape index (κ3) is 71.7. The molecule has 0 aliphatic rings. The van der Waals surface area contributed by atoms with Gasteiger partial charge in [-0.3, -0.25) is 37.3 Å². The smallest absolute Gasteiger partial charge is 0.462 e. The fourth-order valence-electron chi connectivity index (χ4n) is 12.4. The van der Waals surface area contributed by atoms with Gasteiger partial charge in [-0.25, -0.2) is 9.13 Å². The lowest BCUT2D eigenvalue weighted by Crippen LogP contribution is -2.30. The maximum atomic E-state index is 13.1. The second-order valence-corrected chi connectivity index (χ2v) is 33.0. The molecule has 0 rings (SSSR count). The van der Waals surface area contributed by atoms with Gasteiger partial charge in [0.1, 0.15) is 19.3 Å². The van der Waals surface area contributed by atoms with Crippen molar-refractivity contribution in [3.05, 3.63) is 0 Å². The van der Waals surface area contributed by atoms with E-state index in [0.29, 0.717) is 25.7 Å². The summed E-state index contributed by atoms with van der Waals surface area (Å²) in [5.41, 5.74) is 0. The van der Waals surface area contributed by atoms with Crippen LogP contribution in [0.5, 0.6) is 0 Å². The van der Waals surface area contributed by atoms with Crippen LogP contribution in [0.25, 0.3) is 0 Å². The molecule has 7 atom stereocenters. The van der Waals surface area contributed by atoms with Gasteiger partial charge in [-0.1, -0.05) is 370 Å². The van der Waals surface area contributed by atoms with Gasteiger partial charge in [-0.2, -0.15) is 0 Å². The lowest BCUT2D eigenvalue weighted by molar-refractivity contribution is -0.161. The Morgan fingerprint density at radius 3 is 0.760 bits per heavy atom. The molecule has 0 bridgehead atoms. The summed E-state index contributed by atoms with van der Waals surface area (Å²) in [6, 6.07) is 0. The molecule has 0 fully saturated rings. The van der Waals surface area contributed by atoms with Crippen molar-refractivity contribution in [2.24, 2.45) is 17.8 Å². The molecule has 0 aliphatic heterocycles. The van der Waals surface area contributed by atoms with E-state index in [2.05, 4.69) is 48.5 Å². The molecule has 0 saturated heterocycles. The zero-order valence-electron chi connectivity index (χ0n) is 65.7. The molecule has 0 aromatic heterocycles. The molecule has 19 heteroatoms. The molecule has 0 saturated carbocycles. The van der Waals surface area contributed by atoms with Crippen molar-refractivity contribution in [3.63, 3.8) is 0 Å². The van der Waals surface area contributed by atoms with Crippen LogP contribution in [0.4, 0.5) is 0 Å². The predicted octanol–water partition coefficient (Wildman–Crippen LogP) is 24.1. The van der Waals surface area contributed by atoms with E-state index in [-0.39, 0.29) is 25.7 Å². The maximum absolute atomic E-state index is 13.1. The van der Waals surface area contributed by atoms with Gasteiger partial charge in [0.05, 0.1) is 26.4 Å². The number of esters is 4. The summed E-state index contributed by atoms with van der Waals surface area (Å²) in [7, 11) is -9.92. The molecule has 0 amide bonds. The zero-order valence-corrected chi connectivity index (χ0v) is 67.5. The zero-order chi connectivity index (χ0) is 73.7. The minimum atomic E-state index is -4.96. The first kappa shape index (κ1) is 98.1. The van der Waals surface area contributed by atoms with Crippen LogP contribution in [0, 0.1) is 17.8 Å². The van der Waals surface area contributed by atoms with Crippen LogP contribution in [-0.4, -0.2) is 96.7 Å². The quantitative estimate of drug-likeness (QED) is 0.0222. The van der Waals surface area contributed by atoms with Gasteiger partial charge in [0, 0.05) is 25.7 Å². The number of aliphatic hydroxyl groups is 1. The van der Waals surface area contributed by atoms with Crippen LogP contribution in [0.1, 0.15) is 421 Å². The van der Waals surface area contributed by atoms with Crippen molar-refractivity contribution in [1.29, 1.82) is 0 Å². The highest BCUT2D eigenvalue weighted by Crippen LogP contribution is 2.45. The number of phosphoric acid groups is 2. The highest BCUT2D eigenvalue weighted by molar-refractivity contribution is 7.47. The van der Waals surface area contributed by atoms with E-state index < -0.39 is 97.5 Å². The van der Waals surface area contributed by atoms with Crippen LogP contribution in [0.3, 0.4) is 0 Å². The summed E-state index contributed by atoms with van der Waals surface area (Å²) < 4.78 is 68.7. The van der Waals surface area contributed by atoms with Crippen molar-refractivity contribution in [2.75, 3.05) is 39.6 Å². The Balaban J connectivity index is 5.26. The summed E-state index contributed by atoms with van der Waals surface area (Å²) >= 11 is 0. The molecule has 0 aliphatic carbocycles. The van der Waals surface area contributed by atoms with E-state index in [9.17, 15) is 43.2 Å². The van der Waals surface area contributed by atoms with E-state index in [1.807, 2.05) is 0 Å². The average Bonchev–Trinajstić information content (AvgIpc) is 1.06. The molecule has 100 heavy (non-hydrogen) atoms. The first-order chi connectivity index (χ1) is 48.3. The van der Waals surface area contributed by atoms with Crippen molar-refractivity contribution in [1.82, 2.24) is 0 Å². The molecule has 0 radical (unpaired) electrons. The Morgan fingerprint density at radius 1 is 0.290 bits per heavy atom. The molecule has 0 heterocycles. The van der Waals surface area contributed by atoms with Gasteiger partial charge in [-0.15, -0.1) is 0 Å². The SMILES string of the molecule is CCCCCCCCCCCCCCCCCCCC(=O)OC[C@H](COP(=O)(O)OC[C@@H](O)COP(=O)(O)OC[C@@H](COC(=O)CCCCCCCCCCC(C)C)OC(=O)CCCCCCCCCCCCC(C)CC)OC(=O)CCCCCCCCCCCCCCCCC(C)CC. The van der Waals surface area contributed by atoms with Crippen LogP contribution in [0.2, 0.25) is 0 Å². The summed E-state index contributed by atoms with van der Waals surface area (Å²) in [4.78, 5) is 73.1. The van der Waals surface area contributed by atoms with E-state index in [1.165, 1.54) is 231 Å². The van der Waals surface area contributed by atoms with Crippen molar-refractivity contribution in [3.8, 4) is 0 Å². The predicted molar refractivity (Wildman–Crippen MR) is 409 cm³/mol.